The molecule has 3 N–H and O–H groups in total. The van der Waals surface area contributed by atoms with Crippen molar-refractivity contribution < 1.29 is 5.21 Å². The van der Waals surface area contributed by atoms with Gasteiger partial charge in [0.25, 0.3) is 0 Å². The van der Waals surface area contributed by atoms with Gasteiger partial charge in [0, 0.05) is 12.4 Å². The first-order valence-corrected chi connectivity index (χ1v) is 3.76. The Morgan fingerprint density at radius 3 is 3.00 bits per heavy atom. The third kappa shape index (κ3) is 1.55. The molecule has 0 saturated carbocycles. The first kappa shape index (κ1) is 8.58. The van der Waals surface area contributed by atoms with Gasteiger partial charge >= 0.3 is 0 Å². The Balaban J connectivity index is 2.84. The van der Waals surface area contributed by atoms with Gasteiger partial charge in [0.15, 0.2) is 5.84 Å². The summed E-state index contributed by atoms with van der Waals surface area (Å²) in [6, 6.07) is 1.65. The van der Waals surface area contributed by atoms with Crippen molar-refractivity contribution in [1.29, 1.82) is 0 Å². The zero-order valence-electron chi connectivity index (χ0n) is 6.88. The van der Waals surface area contributed by atoms with Gasteiger partial charge in [0.2, 0.25) is 0 Å². The van der Waals surface area contributed by atoms with Crippen LogP contribution in [0, 0.1) is 0 Å². The molecule has 0 bridgehead atoms. The van der Waals surface area contributed by atoms with Gasteiger partial charge in [0.1, 0.15) is 6.04 Å². The Bertz CT molecular complexity index is 254. The molecule has 1 aromatic heterocycles. The van der Waals surface area contributed by atoms with Crippen LogP contribution >= 0.6 is 0 Å². The fourth-order valence-electron chi connectivity index (χ4n) is 1.06. The Labute approximate surface area is 70.5 Å². The van der Waals surface area contributed by atoms with Crippen LogP contribution in [0.25, 0.3) is 0 Å². The van der Waals surface area contributed by atoms with Gasteiger partial charge in [0.05, 0.1) is 0 Å². The molecule has 0 fully saturated rings. The van der Waals surface area contributed by atoms with Crippen LogP contribution in [-0.4, -0.2) is 20.8 Å². The van der Waals surface area contributed by atoms with Crippen molar-refractivity contribution in [1.82, 2.24) is 9.78 Å². The highest BCUT2D eigenvalue weighted by Crippen LogP contribution is 2.08. The van der Waals surface area contributed by atoms with Crippen molar-refractivity contribution in [3.8, 4) is 0 Å². The topological polar surface area (TPSA) is 76.4 Å². The van der Waals surface area contributed by atoms with Crippen molar-refractivity contribution in [2.45, 2.75) is 19.4 Å². The lowest BCUT2D eigenvalue weighted by atomic mass is 10.2. The molecule has 12 heavy (non-hydrogen) atoms. The highest BCUT2D eigenvalue weighted by atomic mass is 16.4. The van der Waals surface area contributed by atoms with Crippen molar-refractivity contribution in [3.05, 3.63) is 18.5 Å². The minimum atomic E-state index is -0.148. The van der Waals surface area contributed by atoms with E-state index in [4.69, 9.17) is 10.9 Å². The van der Waals surface area contributed by atoms with Crippen molar-refractivity contribution in [2.24, 2.45) is 10.9 Å². The maximum Gasteiger partial charge on any atom is 0.164 e. The minimum Gasteiger partial charge on any atom is -0.409 e. The average Bonchev–Trinajstić information content (AvgIpc) is 2.58. The van der Waals surface area contributed by atoms with E-state index in [2.05, 4.69) is 10.3 Å². The van der Waals surface area contributed by atoms with Gasteiger partial charge in [-0.15, -0.1) is 0 Å². The van der Waals surface area contributed by atoms with Crippen LogP contribution in [0.15, 0.2) is 23.6 Å². The number of aromatic nitrogens is 2. The monoisotopic (exact) mass is 168 g/mol. The van der Waals surface area contributed by atoms with E-state index >= 15 is 0 Å². The molecule has 1 aromatic rings. The third-order valence-electron chi connectivity index (χ3n) is 1.69. The molecular formula is C7H12N4O. The summed E-state index contributed by atoms with van der Waals surface area (Å²) in [7, 11) is 0. The molecule has 0 aliphatic rings. The summed E-state index contributed by atoms with van der Waals surface area (Å²) in [6.07, 6.45) is 4.19. The van der Waals surface area contributed by atoms with E-state index in [9.17, 15) is 0 Å². The normalized spacial score (nSPS) is 14.6. The highest BCUT2D eigenvalue weighted by Gasteiger charge is 2.12. The molecule has 5 heteroatoms. The highest BCUT2D eigenvalue weighted by molar-refractivity contribution is 5.83. The molecule has 0 aromatic carbocycles. The molecule has 0 amide bonds. The lowest BCUT2D eigenvalue weighted by Gasteiger charge is -2.12. The van der Waals surface area contributed by atoms with Crippen LogP contribution in [-0.2, 0) is 0 Å². The van der Waals surface area contributed by atoms with E-state index in [0.717, 1.165) is 6.42 Å². The lowest BCUT2D eigenvalue weighted by molar-refractivity contribution is 0.312. The predicted octanol–water partition coefficient (Wildman–Crippen LogP) is 0.581. The Morgan fingerprint density at radius 2 is 2.58 bits per heavy atom. The van der Waals surface area contributed by atoms with E-state index in [1.165, 1.54) is 0 Å². The third-order valence-corrected chi connectivity index (χ3v) is 1.69. The van der Waals surface area contributed by atoms with Crippen molar-refractivity contribution in [2.75, 3.05) is 0 Å². The standard InChI is InChI=1S/C7H12N4O/c1-2-6(7(8)10-12)11-5-3-4-9-11/h3-6,12H,2H2,1H3,(H2,8,10). The van der Waals surface area contributed by atoms with E-state index in [1.807, 2.05) is 6.92 Å². The summed E-state index contributed by atoms with van der Waals surface area (Å²) >= 11 is 0. The molecule has 66 valence electrons. The van der Waals surface area contributed by atoms with E-state index in [-0.39, 0.29) is 11.9 Å². The number of oxime groups is 1. The molecule has 1 unspecified atom stereocenters. The van der Waals surface area contributed by atoms with E-state index < -0.39 is 0 Å². The van der Waals surface area contributed by atoms with Crippen LogP contribution in [0.3, 0.4) is 0 Å². The summed E-state index contributed by atoms with van der Waals surface area (Å²) in [6.45, 7) is 1.95. The molecule has 1 heterocycles. The summed E-state index contributed by atoms with van der Waals surface area (Å²) in [5.74, 6) is 0.182. The SMILES string of the molecule is CCC(C(N)=NO)n1cccn1. The second kappa shape index (κ2) is 3.75. The van der Waals surface area contributed by atoms with Crippen LogP contribution < -0.4 is 5.73 Å². The Kier molecular flexibility index (Phi) is 2.68. The molecule has 0 spiro atoms. The molecule has 0 saturated heterocycles. The van der Waals surface area contributed by atoms with E-state index in [0.29, 0.717) is 0 Å². The molecule has 1 atom stereocenters. The number of nitrogens with zero attached hydrogens (tertiary/aromatic N) is 3. The van der Waals surface area contributed by atoms with Crippen LogP contribution in [0.2, 0.25) is 0 Å². The molecule has 0 aliphatic carbocycles. The fraction of sp³-hybridized carbons (Fsp3) is 0.429. The maximum atomic E-state index is 8.46. The molecule has 0 radical (unpaired) electrons. The first-order chi connectivity index (χ1) is 5.79. The second-order valence-corrected chi connectivity index (χ2v) is 2.43. The predicted molar refractivity (Wildman–Crippen MR) is 45.0 cm³/mol. The van der Waals surface area contributed by atoms with Gasteiger partial charge in [-0.1, -0.05) is 12.1 Å². The molecule has 1 rings (SSSR count). The van der Waals surface area contributed by atoms with Crippen LogP contribution in [0.5, 0.6) is 0 Å². The van der Waals surface area contributed by atoms with Crippen molar-refractivity contribution in [3.63, 3.8) is 0 Å². The second-order valence-electron chi connectivity index (χ2n) is 2.43. The molecule has 5 nitrogen and oxygen atoms in total. The number of rotatable bonds is 3. The van der Waals surface area contributed by atoms with Gasteiger partial charge in [-0.3, -0.25) is 4.68 Å². The summed E-state index contributed by atoms with van der Waals surface area (Å²) in [4.78, 5) is 0. The smallest absolute Gasteiger partial charge is 0.164 e. The first-order valence-electron chi connectivity index (χ1n) is 3.76. The van der Waals surface area contributed by atoms with Gasteiger partial charge < -0.3 is 10.9 Å². The number of hydrogen-bond donors (Lipinski definition) is 2. The number of amidine groups is 1. The lowest BCUT2D eigenvalue weighted by Crippen LogP contribution is -2.26. The number of nitrogens with two attached hydrogens (primary N) is 1. The Hall–Kier alpha value is -1.52. The van der Waals surface area contributed by atoms with Crippen molar-refractivity contribution >= 4 is 5.84 Å². The van der Waals surface area contributed by atoms with Gasteiger partial charge in [-0.2, -0.15) is 5.10 Å². The van der Waals surface area contributed by atoms with Gasteiger partial charge in [-0.05, 0) is 12.5 Å². The largest absolute Gasteiger partial charge is 0.409 e. The molecule has 0 aliphatic heterocycles. The van der Waals surface area contributed by atoms with E-state index in [1.54, 1.807) is 23.1 Å². The summed E-state index contributed by atoms with van der Waals surface area (Å²) in [5.41, 5.74) is 5.46. The van der Waals surface area contributed by atoms with Gasteiger partial charge in [-0.25, -0.2) is 0 Å². The maximum absolute atomic E-state index is 8.46. The van der Waals surface area contributed by atoms with Crippen LogP contribution in [0.4, 0.5) is 0 Å². The quantitative estimate of drug-likeness (QED) is 0.300. The zero-order chi connectivity index (χ0) is 8.97. The Morgan fingerprint density at radius 1 is 1.83 bits per heavy atom. The summed E-state index contributed by atoms with van der Waals surface area (Å²) < 4.78 is 1.66. The summed E-state index contributed by atoms with van der Waals surface area (Å²) in [5, 5.41) is 15.4. The van der Waals surface area contributed by atoms with Crippen LogP contribution in [0.1, 0.15) is 19.4 Å². The number of hydrogen-bond acceptors (Lipinski definition) is 3. The fourth-order valence-corrected chi connectivity index (χ4v) is 1.06. The zero-order valence-corrected chi connectivity index (χ0v) is 6.88. The molecular weight excluding hydrogens is 156 g/mol. The minimum absolute atomic E-state index is 0.148. The average molecular weight is 168 g/mol.